The standard InChI is InChI=1S/C10H23NO7P2/c1-2-3-4-5-6-7-8-11-9-16-20(15,17-10-11)18-19(12,13)14/h2-10H2,1H3,(H2,12,13,14). The molecule has 1 fully saturated rings. The lowest BCUT2D eigenvalue weighted by atomic mass is 10.1. The molecule has 0 aliphatic carbocycles. The minimum atomic E-state index is -4.89. The number of nitrogens with zero attached hydrogens (tertiary/aromatic N) is 1. The van der Waals surface area contributed by atoms with E-state index >= 15 is 0 Å². The van der Waals surface area contributed by atoms with Crippen molar-refractivity contribution in [2.75, 3.05) is 20.0 Å². The fourth-order valence-electron chi connectivity index (χ4n) is 1.80. The lowest BCUT2D eigenvalue weighted by molar-refractivity contribution is -0.0278. The maximum Gasteiger partial charge on any atom is 0.486 e. The van der Waals surface area contributed by atoms with E-state index in [0.717, 1.165) is 19.4 Å². The molecule has 0 bridgehead atoms. The van der Waals surface area contributed by atoms with Crippen LogP contribution in [0.5, 0.6) is 0 Å². The summed E-state index contributed by atoms with van der Waals surface area (Å²) in [6, 6.07) is 0. The van der Waals surface area contributed by atoms with Crippen LogP contribution in [0.4, 0.5) is 0 Å². The molecule has 0 atom stereocenters. The minimum Gasteiger partial charge on any atom is -0.302 e. The van der Waals surface area contributed by atoms with Crippen molar-refractivity contribution in [2.24, 2.45) is 0 Å². The average Bonchev–Trinajstić information content (AvgIpc) is 2.33. The van der Waals surface area contributed by atoms with Gasteiger partial charge < -0.3 is 9.79 Å². The Hall–Kier alpha value is 0.220. The summed E-state index contributed by atoms with van der Waals surface area (Å²) in [7, 11) is -9.02. The van der Waals surface area contributed by atoms with E-state index in [-0.39, 0.29) is 13.5 Å². The van der Waals surface area contributed by atoms with Crippen LogP contribution in [0.1, 0.15) is 45.4 Å². The van der Waals surface area contributed by atoms with Gasteiger partial charge in [-0.05, 0) is 6.42 Å². The van der Waals surface area contributed by atoms with Crippen LogP contribution in [0.15, 0.2) is 0 Å². The molecule has 8 nitrogen and oxygen atoms in total. The Bertz CT molecular complexity index is 361. The quantitative estimate of drug-likeness (QED) is 0.491. The lowest BCUT2D eigenvalue weighted by Gasteiger charge is -2.30. The van der Waals surface area contributed by atoms with Gasteiger partial charge in [0, 0.05) is 6.54 Å². The molecule has 10 heteroatoms. The number of unbranched alkanes of at least 4 members (excludes halogenated alkanes) is 5. The third-order valence-electron chi connectivity index (χ3n) is 2.83. The molecule has 2 N–H and O–H groups in total. The number of rotatable bonds is 9. The third-order valence-corrected chi connectivity index (χ3v) is 5.35. The van der Waals surface area contributed by atoms with Crippen molar-refractivity contribution in [1.29, 1.82) is 0 Å². The highest BCUT2D eigenvalue weighted by atomic mass is 31.3. The highest BCUT2D eigenvalue weighted by Crippen LogP contribution is 2.62. The summed E-state index contributed by atoms with van der Waals surface area (Å²) in [4.78, 5) is 18.9. The molecule has 1 aliphatic heterocycles. The Morgan fingerprint density at radius 3 is 2.25 bits per heavy atom. The maximum absolute atomic E-state index is 11.7. The van der Waals surface area contributed by atoms with Gasteiger partial charge in [0.05, 0.1) is 0 Å². The Morgan fingerprint density at radius 2 is 1.70 bits per heavy atom. The fraction of sp³-hybridized carbons (Fsp3) is 1.00. The zero-order chi connectivity index (χ0) is 15.1. The highest BCUT2D eigenvalue weighted by Gasteiger charge is 2.39. The molecule has 0 aromatic rings. The van der Waals surface area contributed by atoms with Gasteiger partial charge in [-0.25, -0.2) is 9.13 Å². The SMILES string of the molecule is CCCCCCCCN1COP(=O)(OP(=O)(O)O)OC1. The molecule has 0 saturated carbocycles. The number of phosphoric ester groups is 1. The van der Waals surface area contributed by atoms with Crippen LogP contribution < -0.4 is 0 Å². The van der Waals surface area contributed by atoms with Crippen LogP contribution in [-0.2, 0) is 22.5 Å². The topological polar surface area (TPSA) is 106 Å². The van der Waals surface area contributed by atoms with Crippen LogP contribution in [0.2, 0.25) is 0 Å². The van der Waals surface area contributed by atoms with E-state index < -0.39 is 15.6 Å². The van der Waals surface area contributed by atoms with E-state index in [1.807, 2.05) is 0 Å². The zero-order valence-corrected chi connectivity index (χ0v) is 13.4. The molecule has 20 heavy (non-hydrogen) atoms. The summed E-state index contributed by atoms with van der Waals surface area (Å²) < 4.78 is 35.9. The first-order valence-corrected chi connectivity index (χ1v) is 9.72. The van der Waals surface area contributed by atoms with Crippen LogP contribution in [0.3, 0.4) is 0 Å². The second kappa shape index (κ2) is 8.61. The highest BCUT2D eigenvalue weighted by molar-refractivity contribution is 7.61. The molecule has 1 aliphatic rings. The molecule has 0 aromatic carbocycles. The third kappa shape index (κ3) is 7.86. The van der Waals surface area contributed by atoms with Gasteiger partial charge in [-0.2, -0.15) is 4.31 Å². The molecule has 0 aromatic heterocycles. The van der Waals surface area contributed by atoms with Gasteiger partial charge >= 0.3 is 15.6 Å². The monoisotopic (exact) mass is 331 g/mol. The van der Waals surface area contributed by atoms with Gasteiger partial charge in [-0.3, -0.25) is 13.9 Å². The van der Waals surface area contributed by atoms with Crippen molar-refractivity contribution in [1.82, 2.24) is 4.90 Å². The molecule has 1 saturated heterocycles. The number of phosphoric acid groups is 2. The first kappa shape index (κ1) is 18.3. The molecule has 0 unspecified atom stereocenters. The molecule has 1 rings (SSSR count). The molecular weight excluding hydrogens is 308 g/mol. The first-order valence-electron chi connectivity index (χ1n) is 6.73. The smallest absolute Gasteiger partial charge is 0.302 e. The lowest BCUT2D eigenvalue weighted by Crippen LogP contribution is -2.33. The number of hydrogen-bond acceptors (Lipinski definition) is 6. The van der Waals surface area contributed by atoms with Gasteiger partial charge in [0.2, 0.25) is 0 Å². The van der Waals surface area contributed by atoms with Crippen molar-refractivity contribution in [3.05, 3.63) is 0 Å². The number of hydrogen-bond donors (Lipinski definition) is 2. The van der Waals surface area contributed by atoms with Gasteiger partial charge in [0.15, 0.2) is 0 Å². The fourth-order valence-corrected chi connectivity index (χ4v) is 3.90. The van der Waals surface area contributed by atoms with Crippen LogP contribution in [0.25, 0.3) is 0 Å². The van der Waals surface area contributed by atoms with E-state index in [1.165, 1.54) is 25.7 Å². The summed E-state index contributed by atoms with van der Waals surface area (Å²) in [5, 5.41) is 0. The molecule has 0 radical (unpaired) electrons. The van der Waals surface area contributed by atoms with Crippen molar-refractivity contribution in [3.8, 4) is 0 Å². The summed E-state index contributed by atoms with van der Waals surface area (Å²) >= 11 is 0. The summed E-state index contributed by atoms with van der Waals surface area (Å²) in [6.07, 6.45) is 6.95. The van der Waals surface area contributed by atoms with E-state index in [9.17, 15) is 9.13 Å². The molecule has 1 heterocycles. The predicted octanol–water partition coefficient (Wildman–Crippen LogP) is 2.83. The molecule has 0 amide bonds. The normalized spacial score (nSPS) is 20.1. The van der Waals surface area contributed by atoms with Crippen molar-refractivity contribution < 1.29 is 32.3 Å². The Balaban J connectivity index is 2.16. The van der Waals surface area contributed by atoms with Crippen molar-refractivity contribution >= 4 is 15.6 Å². The van der Waals surface area contributed by atoms with Gasteiger partial charge in [0.1, 0.15) is 13.5 Å². The molecular formula is C10H23NO7P2. The van der Waals surface area contributed by atoms with E-state index in [2.05, 4.69) is 11.2 Å². The first-order chi connectivity index (χ1) is 9.35. The molecule has 120 valence electrons. The Labute approximate surface area is 119 Å². The van der Waals surface area contributed by atoms with E-state index in [0.29, 0.717) is 0 Å². The Morgan fingerprint density at radius 1 is 1.15 bits per heavy atom. The van der Waals surface area contributed by atoms with Gasteiger partial charge in [-0.1, -0.05) is 39.0 Å². The summed E-state index contributed by atoms with van der Waals surface area (Å²) in [5.74, 6) is 0. The summed E-state index contributed by atoms with van der Waals surface area (Å²) in [6.45, 7) is 2.85. The largest absolute Gasteiger partial charge is 0.486 e. The minimum absolute atomic E-state index is 0.0216. The Kier molecular flexibility index (Phi) is 7.87. The van der Waals surface area contributed by atoms with Crippen molar-refractivity contribution in [3.63, 3.8) is 0 Å². The van der Waals surface area contributed by atoms with Crippen LogP contribution in [-0.4, -0.2) is 34.7 Å². The van der Waals surface area contributed by atoms with Crippen LogP contribution >= 0.6 is 15.6 Å². The summed E-state index contributed by atoms with van der Waals surface area (Å²) in [5.41, 5.74) is 0. The van der Waals surface area contributed by atoms with E-state index in [1.54, 1.807) is 4.90 Å². The zero-order valence-electron chi connectivity index (χ0n) is 11.6. The average molecular weight is 331 g/mol. The van der Waals surface area contributed by atoms with Gasteiger partial charge in [-0.15, -0.1) is 0 Å². The molecule has 0 spiro atoms. The van der Waals surface area contributed by atoms with E-state index in [4.69, 9.17) is 18.8 Å². The predicted molar refractivity (Wildman–Crippen MR) is 72.7 cm³/mol. The van der Waals surface area contributed by atoms with Crippen LogP contribution in [0, 0.1) is 0 Å². The van der Waals surface area contributed by atoms with Gasteiger partial charge in [0.25, 0.3) is 0 Å². The second-order valence-corrected chi connectivity index (χ2v) is 7.74. The second-order valence-electron chi connectivity index (χ2n) is 4.70. The maximum atomic E-state index is 11.7. The van der Waals surface area contributed by atoms with Crippen molar-refractivity contribution in [2.45, 2.75) is 45.4 Å².